The molecule has 0 fully saturated rings. The van der Waals surface area contributed by atoms with Crippen LogP contribution in [0.4, 0.5) is 0 Å². The van der Waals surface area contributed by atoms with Crippen molar-refractivity contribution in [3.63, 3.8) is 0 Å². The first-order chi connectivity index (χ1) is 11.3. The molecule has 2 aromatic rings. The van der Waals surface area contributed by atoms with E-state index < -0.39 is 0 Å². The number of nitrogens with zero attached hydrogens (tertiary/aromatic N) is 3. The number of fused-ring (bicyclic) bond motifs is 1. The number of benzene rings is 1. The fourth-order valence-corrected chi connectivity index (χ4v) is 2.68. The van der Waals surface area contributed by atoms with Crippen LogP contribution in [0.3, 0.4) is 0 Å². The van der Waals surface area contributed by atoms with Crippen LogP contribution in [0.5, 0.6) is 5.75 Å². The van der Waals surface area contributed by atoms with Crippen LogP contribution < -0.4 is 15.4 Å². The minimum Gasteiger partial charge on any atom is -0.488 e. The van der Waals surface area contributed by atoms with Gasteiger partial charge in [0.1, 0.15) is 11.9 Å². The number of hydrogen-bond donors (Lipinski definition) is 2. The SMILES string of the molecule is CN=C(NCCCn1cccn1)NCC1Cc2ccccc2O1.I. The summed E-state index contributed by atoms with van der Waals surface area (Å²) >= 11 is 0. The quantitative estimate of drug-likeness (QED) is 0.312. The van der Waals surface area contributed by atoms with Crippen molar-refractivity contribution in [3.05, 3.63) is 48.3 Å². The molecular formula is C17H24IN5O. The Morgan fingerprint density at radius 2 is 2.21 bits per heavy atom. The highest BCUT2D eigenvalue weighted by atomic mass is 127. The average Bonchev–Trinajstić information content (AvgIpc) is 3.23. The lowest BCUT2D eigenvalue weighted by atomic mass is 10.1. The lowest BCUT2D eigenvalue weighted by molar-refractivity contribution is 0.235. The largest absolute Gasteiger partial charge is 0.488 e. The smallest absolute Gasteiger partial charge is 0.191 e. The molecule has 1 unspecified atom stereocenters. The Kier molecular flexibility index (Phi) is 7.36. The Labute approximate surface area is 159 Å². The van der Waals surface area contributed by atoms with Crippen LogP contribution in [-0.4, -0.2) is 42.0 Å². The molecule has 0 radical (unpaired) electrons. The first kappa shape index (κ1) is 18.6. The van der Waals surface area contributed by atoms with Crippen LogP contribution in [-0.2, 0) is 13.0 Å². The van der Waals surface area contributed by atoms with E-state index in [9.17, 15) is 0 Å². The standard InChI is InChI=1S/C17H23N5O.HI/c1-18-17(19-8-4-10-22-11-5-9-21-22)20-13-15-12-14-6-2-3-7-16(14)23-15;/h2-3,5-7,9,11,15H,4,8,10,12-13H2,1H3,(H2,18,19,20);1H. The molecule has 2 heterocycles. The van der Waals surface area contributed by atoms with Gasteiger partial charge in [-0.2, -0.15) is 5.10 Å². The Bertz CT molecular complexity index is 619. The highest BCUT2D eigenvalue weighted by Crippen LogP contribution is 2.27. The lowest BCUT2D eigenvalue weighted by Gasteiger charge is -2.15. The normalized spacial score (nSPS) is 16.0. The van der Waals surface area contributed by atoms with Gasteiger partial charge in [-0.05, 0) is 24.1 Å². The average molecular weight is 441 g/mol. The fourth-order valence-electron chi connectivity index (χ4n) is 2.68. The maximum atomic E-state index is 5.92. The van der Waals surface area contributed by atoms with E-state index >= 15 is 0 Å². The number of rotatable bonds is 6. The van der Waals surface area contributed by atoms with Gasteiger partial charge in [0.15, 0.2) is 5.96 Å². The molecule has 0 amide bonds. The molecule has 2 N–H and O–H groups in total. The van der Waals surface area contributed by atoms with Gasteiger partial charge in [-0.1, -0.05) is 18.2 Å². The number of aryl methyl sites for hydroxylation is 1. The molecule has 7 heteroatoms. The van der Waals surface area contributed by atoms with Gasteiger partial charge >= 0.3 is 0 Å². The first-order valence-corrected chi connectivity index (χ1v) is 8.01. The highest BCUT2D eigenvalue weighted by Gasteiger charge is 2.22. The molecule has 1 aliphatic rings. The second-order valence-corrected chi connectivity index (χ2v) is 5.55. The predicted octanol–water partition coefficient (Wildman–Crippen LogP) is 2.06. The molecular weight excluding hydrogens is 417 g/mol. The second kappa shape index (κ2) is 9.51. The van der Waals surface area contributed by atoms with Gasteiger partial charge in [0.05, 0.1) is 6.54 Å². The maximum Gasteiger partial charge on any atom is 0.191 e. The van der Waals surface area contributed by atoms with Crippen molar-refractivity contribution in [2.75, 3.05) is 20.1 Å². The van der Waals surface area contributed by atoms with Gasteiger partial charge in [0, 0.05) is 39.0 Å². The number of ether oxygens (including phenoxy) is 1. The van der Waals surface area contributed by atoms with Crippen molar-refractivity contribution in [1.29, 1.82) is 0 Å². The summed E-state index contributed by atoms with van der Waals surface area (Å²) in [6.45, 7) is 2.50. The Morgan fingerprint density at radius 3 is 2.96 bits per heavy atom. The maximum absolute atomic E-state index is 5.92. The summed E-state index contributed by atoms with van der Waals surface area (Å²) < 4.78 is 7.85. The summed E-state index contributed by atoms with van der Waals surface area (Å²) in [5, 5.41) is 10.8. The number of aromatic nitrogens is 2. The molecule has 6 nitrogen and oxygen atoms in total. The zero-order valence-electron chi connectivity index (χ0n) is 13.8. The zero-order valence-corrected chi connectivity index (χ0v) is 16.1. The molecule has 1 aromatic heterocycles. The molecule has 130 valence electrons. The zero-order chi connectivity index (χ0) is 15.9. The Hall–Kier alpha value is -1.77. The molecule has 24 heavy (non-hydrogen) atoms. The molecule has 0 aliphatic carbocycles. The van der Waals surface area contributed by atoms with Gasteiger partial charge in [-0.3, -0.25) is 9.67 Å². The van der Waals surface area contributed by atoms with Crippen molar-refractivity contribution in [3.8, 4) is 5.75 Å². The fraction of sp³-hybridized carbons (Fsp3) is 0.412. The number of nitrogens with one attached hydrogen (secondary N) is 2. The summed E-state index contributed by atoms with van der Waals surface area (Å²) in [5.74, 6) is 1.81. The Balaban J connectivity index is 0.00000208. The molecule has 0 spiro atoms. The summed E-state index contributed by atoms with van der Waals surface area (Å²) in [7, 11) is 1.78. The monoisotopic (exact) mass is 441 g/mol. The second-order valence-electron chi connectivity index (χ2n) is 5.55. The molecule has 1 aromatic carbocycles. The van der Waals surface area contributed by atoms with Gasteiger partial charge in [0.2, 0.25) is 0 Å². The number of para-hydroxylation sites is 1. The van der Waals surface area contributed by atoms with Crippen molar-refractivity contribution in [2.45, 2.75) is 25.5 Å². The van der Waals surface area contributed by atoms with E-state index in [4.69, 9.17) is 4.74 Å². The molecule has 3 rings (SSSR count). The third-order valence-electron chi connectivity index (χ3n) is 3.85. The highest BCUT2D eigenvalue weighted by molar-refractivity contribution is 14.0. The van der Waals surface area contributed by atoms with E-state index in [1.54, 1.807) is 13.2 Å². The van der Waals surface area contributed by atoms with Crippen molar-refractivity contribution >= 4 is 29.9 Å². The van der Waals surface area contributed by atoms with Crippen LogP contribution >= 0.6 is 24.0 Å². The summed E-state index contributed by atoms with van der Waals surface area (Å²) in [6.07, 6.45) is 5.87. The van der Waals surface area contributed by atoms with Gasteiger partial charge in [-0.25, -0.2) is 0 Å². The van der Waals surface area contributed by atoms with E-state index in [2.05, 4.69) is 32.9 Å². The predicted molar refractivity (Wildman–Crippen MR) is 106 cm³/mol. The van der Waals surface area contributed by atoms with Crippen LogP contribution in [0.15, 0.2) is 47.7 Å². The molecule has 0 bridgehead atoms. The van der Waals surface area contributed by atoms with E-state index in [0.29, 0.717) is 0 Å². The number of aliphatic imine (C=N–C) groups is 1. The van der Waals surface area contributed by atoms with E-state index in [1.807, 2.05) is 29.1 Å². The van der Waals surface area contributed by atoms with Crippen molar-refractivity contribution in [2.24, 2.45) is 4.99 Å². The van der Waals surface area contributed by atoms with E-state index in [1.165, 1.54) is 5.56 Å². The third-order valence-corrected chi connectivity index (χ3v) is 3.85. The lowest BCUT2D eigenvalue weighted by Crippen LogP contribution is -2.42. The van der Waals surface area contributed by atoms with Gasteiger partial charge < -0.3 is 15.4 Å². The number of hydrogen-bond acceptors (Lipinski definition) is 3. The van der Waals surface area contributed by atoms with Crippen LogP contribution in [0.25, 0.3) is 0 Å². The van der Waals surface area contributed by atoms with E-state index in [-0.39, 0.29) is 30.1 Å². The topological polar surface area (TPSA) is 63.5 Å². The van der Waals surface area contributed by atoms with Gasteiger partial charge in [-0.15, -0.1) is 24.0 Å². The number of guanidine groups is 1. The van der Waals surface area contributed by atoms with Gasteiger partial charge in [0.25, 0.3) is 0 Å². The summed E-state index contributed by atoms with van der Waals surface area (Å²) in [4.78, 5) is 4.25. The van der Waals surface area contributed by atoms with Crippen LogP contribution in [0.2, 0.25) is 0 Å². The van der Waals surface area contributed by atoms with Crippen molar-refractivity contribution < 1.29 is 4.74 Å². The van der Waals surface area contributed by atoms with Crippen LogP contribution in [0, 0.1) is 0 Å². The third kappa shape index (κ3) is 5.12. The molecule has 1 atom stereocenters. The minimum atomic E-state index is 0. The first-order valence-electron chi connectivity index (χ1n) is 8.01. The molecule has 0 saturated carbocycles. The minimum absolute atomic E-state index is 0. The van der Waals surface area contributed by atoms with Crippen LogP contribution in [0.1, 0.15) is 12.0 Å². The number of halogens is 1. The Morgan fingerprint density at radius 1 is 1.33 bits per heavy atom. The molecule has 0 saturated heterocycles. The summed E-state index contributed by atoms with van der Waals surface area (Å²) in [6, 6.07) is 10.1. The molecule has 1 aliphatic heterocycles. The van der Waals surface area contributed by atoms with E-state index in [0.717, 1.165) is 44.2 Å². The summed E-state index contributed by atoms with van der Waals surface area (Å²) in [5.41, 5.74) is 1.28. The van der Waals surface area contributed by atoms with Crippen molar-refractivity contribution in [1.82, 2.24) is 20.4 Å².